The minimum absolute atomic E-state index is 0.00144. The molecule has 0 aliphatic carbocycles. The maximum atomic E-state index is 13.5. The van der Waals surface area contributed by atoms with Crippen molar-refractivity contribution in [2.75, 3.05) is 6.61 Å². The molecule has 1 aliphatic heterocycles. The Balaban J connectivity index is 2.32. The molecule has 0 atom stereocenters. The molecule has 0 saturated heterocycles. The van der Waals surface area contributed by atoms with Crippen molar-refractivity contribution in [3.8, 4) is 5.75 Å². The minimum Gasteiger partial charge on any atom is -0.490 e. The first-order chi connectivity index (χ1) is 7.59. The maximum Gasteiger partial charge on any atom is 0.221 e. The fourth-order valence-electron chi connectivity index (χ4n) is 1.74. The van der Waals surface area contributed by atoms with Crippen molar-refractivity contribution in [1.82, 2.24) is 0 Å². The molecule has 2 rings (SSSR count). The van der Waals surface area contributed by atoms with Crippen LogP contribution in [-0.2, 0) is 17.6 Å². The normalized spacial score (nSPS) is 13.4. The number of halogens is 3. The lowest BCUT2D eigenvalue weighted by Crippen LogP contribution is -2.00. The van der Waals surface area contributed by atoms with Crippen LogP contribution < -0.4 is 4.74 Å². The first-order valence-electron chi connectivity index (χ1n) is 4.90. The molecule has 1 aromatic carbocycles. The van der Waals surface area contributed by atoms with Gasteiger partial charge in [-0.15, -0.1) is 0 Å². The molecule has 0 spiro atoms. The molecule has 16 heavy (non-hydrogen) atoms. The summed E-state index contributed by atoms with van der Waals surface area (Å²) in [5, 5.41) is -0.559. The topological polar surface area (TPSA) is 26.3 Å². The van der Waals surface area contributed by atoms with Crippen LogP contribution in [0.1, 0.15) is 17.5 Å². The van der Waals surface area contributed by atoms with Gasteiger partial charge in [0.1, 0.15) is 0 Å². The Bertz CT molecular complexity index is 446. The quantitative estimate of drug-likeness (QED) is 0.767. The zero-order chi connectivity index (χ0) is 11.7. The number of fused-ring (bicyclic) bond motifs is 1. The third-order valence-electron chi connectivity index (χ3n) is 2.52. The number of hydrogen-bond acceptors (Lipinski definition) is 2. The molecule has 1 aliphatic rings. The van der Waals surface area contributed by atoms with Crippen LogP contribution >= 0.6 is 11.6 Å². The molecular formula is C11H9ClF2O2. The van der Waals surface area contributed by atoms with E-state index in [9.17, 15) is 13.6 Å². The highest BCUT2D eigenvalue weighted by atomic mass is 35.5. The van der Waals surface area contributed by atoms with Gasteiger partial charge in [-0.25, -0.2) is 4.39 Å². The number of aryl methyl sites for hydroxylation is 1. The van der Waals surface area contributed by atoms with Gasteiger partial charge >= 0.3 is 0 Å². The van der Waals surface area contributed by atoms with Gasteiger partial charge in [-0.1, -0.05) is 0 Å². The average Bonchev–Trinajstić information content (AvgIpc) is 2.69. The van der Waals surface area contributed by atoms with E-state index in [1.807, 2.05) is 0 Å². The van der Waals surface area contributed by atoms with Crippen LogP contribution in [0.4, 0.5) is 8.78 Å². The Hall–Kier alpha value is -1.16. The van der Waals surface area contributed by atoms with Gasteiger partial charge < -0.3 is 4.74 Å². The van der Waals surface area contributed by atoms with E-state index in [-0.39, 0.29) is 24.2 Å². The Kier molecular flexibility index (Phi) is 3.10. The van der Waals surface area contributed by atoms with E-state index < -0.39 is 16.9 Å². The van der Waals surface area contributed by atoms with E-state index in [1.54, 1.807) is 6.07 Å². The molecule has 0 amide bonds. The van der Waals surface area contributed by atoms with E-state index in [2.05, 4.69) is 0 Å². The summed E-state index contributed by atoms with van der Waals surface area (Å²) in [5.74, 6) is -1.91. The number of carbonyl (C=O) groups is 1. The van der Waals surface area contributed by atoms with Crippen LogP contribution in [-0.4, -0.2) is 11.8 Å². The Morgan fingerprint density at radius 1 is 1.44 bits per heavy atom. The highest BCUT2D eigenvalue weighted by molar-refractivity contribution is 6.63. The van der Waals surface area contributed by atoms with E-state index >= 15 is 0 Å². The summed E-state index contributed by atoms with van der Waals surface area (Å²) < 4.78 is 32.0. The fraction of sp³-hybridized carbons (Fsp3) is 0.364. The molecular weight excluding hydrogens is 238 g/mol. The molecule has 86 valence electrons. The van der Waals surface area contributed by atoms with Gasteiger partial charge in [-0.2, -0.15) is 4.39 Å². The van der Waals surface area contributed by atoms with Crippen LogP contribution in [0.5, 0.6) is 5.75 Å². The average molecular weight is 247 g/mol. The standard InChI is InChI=1S/C11H9ClF2O2/c12-8(15)2-1-6-5-7-3-4-16-11(7)10(14)9(6)13/h5H,1-4H2. The van der Waals surface area contributed by atoms with Gasteiger partial charge in [0.05, 0.1) is 6.61 Å². The monoisotopic (exact) mass is 246 g/mol. The fourth-order valence-corrected chi connectivity index (χ4v) is 1.83. The molecule has 0 N–H and O–H groups in total. The van der Waals surface area contributed by atoms with Crippen molar-refractivity contribution in [3.05, 3.63) is 28.8 Å². The van der Waals surface area contributed by atoms with Gasteiger partial charge in [0.25, 0.3) is 0 Å². The summed E-state index contributed by atoms with van der Waals surface area (Å²) in [6.07, 6.45) is 0.671. The lowest BCUT2D eigenvalue weighted by Gasteiger charge is -2.07. The van der Waals surface area contributed by atoms with Crippen LogP contribution in [0.15, 0.2) is 6.07 Å². The summed E-state index contributed by atoms with van der Waals surface area (Å²) in [6, 6.07) is 1.54. The molecule has 0 unspecified atom stereocenters. The summed E-state index contributed by atoms with van der Waals surface area (Å²) in [5.41, 5.74) is 0.826. The summed E-state index contributed by atoms with van der Waals surface area (Å²) in [6.45, 7) is 0.365. The zero-order valence-corrected chi connectivity index (χ0v) is 9.11. The minimum atomic E-state index is -0.966. The second kappa shape index (κ2) is 4.37. The smallest absolute Gasteiger partial charge is 0.221 e. The van der Waals surface area contributed by atoms with E-state index in [1.165, 1.54) is 0 Å². The molecule has 0 fully saturated rings. The van der Waals surface area contributed by atoms with Crippen molar-refractivity contribution in [2.24, 2.45) is 0 Å². The van der Waals surface area contributed by atoms with Crippen LogP contribution in [0.25, 0.3) is 0 Å². The van der Waals surface area contributed by atoms with Crippen molar-refractivity contribution in [2.45, 2.75) is 19.3 Å². The van der Waals surface area contributed by atoms with Crippen LogP contribution in [0.2, 0.25) is 0 Å². The summed E-state index contributed by atoms with van der Waals surface area (Å²) >= 11 is 5.16. The SMILES string of the molecule is O=C(Cl)CCc1cc2c(c(F)c1F)OCC2. The van der Waals surface area contributed by atoms with Gasteiger partial charge in [-0.3, -0.25) is 4.79 Å². The van der Waals surface area contributed by atoms with E-state index in [4.69, 9.17) is 16.3 Å². The van der Waals surface area contributed by atoms with Gasteiger partial charge in [0.2, 0.25) is 11.1 Å². The first kappa shape index (κ1) is 11.3. The van der Waals surface area contributed by atoms with E-state index in [0.29, 0.717) is 18.6 Å². The van der Waals surface area contributed by atoms with Crippen molar-refractivity contribution >= 4 is 16.8 Å². The number of ether oxygens (including phenoxy) is 1. The second-order valence-corrected chi connectivity index (χ2v) is 4.03. The molecule has 0 aromatic heterocycles. The maximum absolute atomic E-state index is 13.5. The molecule has 1 heterocycles. The Morgan fingerprint density at radius 3 is 2.88 bits per heavy atom. The summed E-state index contributed by atoms with van der Waals surface area (Å²) in [4.78, 5) is 10.6. The Labute approximate surface area is 96.2 Å². The van der Waals surface area contributed by atoms with Gasteiger partial charge in [-0.05, 0) is 29.7 Å². The second-order valence-electron chi connectivity index (χ2n) is 3.61. The third-order valence-corrected chi connectivity index (χ3v) is 2.71. The largest absolute Gasteiger partial charge is 0.490 e. The zero-order valence-electron chi connectivity index (χ0n) is 8.36. The molecule has 0 bridgehead atoms. The molecule has 2 nitrogen and oxygen atoms in total. The lowest BCUT2D eigenvalue weighted by atomic mass is 10.0. The number of carbonyl (C=O) groups excluding carboxylic acids is 1. The van der Waals surface area contributed by atoms with Gasteiger partial charge in [0.15, 0.2) is 11.6 Å². The predicted molar refractivity (Wildman–Crippen MR) is 54.7 cm³/mol. The number of benzene rings is 1. The van der Waals surface area contributed by atoms with Crippen LogP contribution in [0, 0.1) is 11.6 Å². The third kappa shape index (κ3) is 2.02. The molecule has 0 radical (unpaired) electrons. The van der Waals surface area contributed by atoms with Crippen LogP contribution in [0.3, 0.4) is 0 Å². The first-order valence-corrected chi connectivity index (χ1v) is 5.28. The van der Waals surface area contributed by atoms with Crippen molar-refractivity contribution in [1.29, 1.82) is 0 Å². The lowest BCUT2D eigenvalue weighted by molar-refractivity contribution is -0.111. The van der Waals surface area contributed by atoms with E-state index in [0.717, 1.165) is 0 Å². The van der Waals surface area contributed by atoms with Crippen molar-refractivity contribution < 1.29 is 18.3 Å². The van der Waals surface area contributed by atoms with Gasteiger partial charge in [0, 0.05) is 18.4 Å². The molecule has 1 aromatic rings. The molecule has 0 saturated carbocycles. The highest BCUT2D eigenvalue weighted by Gasteiger charge is 2.23. The highest BCUT2D eigenvalue weighted by Crippen LogP contribution is 2.32. The molecule has 5 heteroatoms. The Morgan fingerprint density at radius 2 is 2.19 bits per heavy atom. The number of rotatable bonds is 3. The predicted octanol–water partition coefficient (Wildman–Crippen LogP) is 2.60. The number of hydrogen-bond donors (Lipinski definition) is 0. The summed E-state index contributed by atoms with van der Waals surface area (Å²) in [7, 11) is 0. The van der Waals surface area contributed by atoms with Crippen molar-refractivity contribution in [3.63, 3.8) is 0 Å².